The summed E-state index contributed by atoms with van der Waals surface area (Å²) in [6.45, 7) is 0. The summed E-state index contributed by atoms with van der Waals surface area (Å²) in [6.07, 6.45) is -2.03. The smallest absolute Gasteiger partial charge is 0.281 e. The molecular formula is C6H4F3IN2. The highest BCUT2D eigenvalue weighted by Crippen LogP contribution is 2.27. The summed E-state index contributed by atoms with van der Waals surface area (Å²) in [7, 11) is 0. The molecule has 0 aliphatic rings. The molecule has 0 aromatic carbocycles. The van der Waals surface area contributed by atoms with Crippen LogP contribution >= 0.6 is 22.6 Å². The van der Waals surface area contributed by atoms with Crippen LogP contribution in [0.25, 0.3) is 0 Å². The van der Waals surface area contributed by atoms with Gasteiger partial charge in [0.2, 0.25) is 0 Å². The fourth-order valence-corrected chi connectivity index (χ4v) is 1.28. The second-order valence-corrected chi connectivity index (χ2v) is 3.10. The van der Waals surface area contributed by atoms with E-state index in [0.29, 0.717) is 6.20 Å². The lowest BCUT2D eigenvalue weighted by Gasteiger charge is -2.04. The molecule has 1 heterocycles. The molecule has 0 aliphatic heterocycles. The van der Waals surface area contributed by atoms with E-state index in [1.165, 1.54) is 22.6 Å². The van der Waals surface area contributed by atoms with Crippen LogP contribution in [0.2, 0.25) is 0 Å². The van der Waals surface area contributed by atoms with Gasteiger partial charge in [0, 0.05) is 0 Å². The molecule has 0 amide bonds. The van der Waals surface area contributed by atoms with Crippen molar-refractivity contribution in [3.63, 3.8) is 0 Å². The Morgan fingerprint density at radius 1 is 1.50 bits per heavy atom. The number of halogens is 4. The summed E-state index contributed by atoms with van der Waals surface area (Å²) < 4.78 is 36.7. The third-order valence-corrected chi connectivity index (χ3v) is 2.38. The standard InChI is InChI=1S/C6H4F3IN2/c7-2-1-12-5(6(8)9)3(10)4(2)11/h1,6H,(H2,11,12). The quantitative estimate of drug-likeness (QED) is 0.806. The van der Waals surface area contributed by atoms with Gasteiger partial charge in [0.15, 0.2) is 5.82 Å². The van der Waals surface area contributed by atoms with Gasteiger partial charge in [-0.15, -0.1) is 0 Å². The molecule has 12 heavy (non-hydrogen) atoms. The lowest BCUT2D eigenvalue weighted by molar-refractivity contribution is 0.145. The second-order valence-electron chi connectivity index (χ2n) is 2.02. The molecule has 0 saturated carbocycles. The van der Waals surface area contributed by atoms with Crippen molar-refractivity contribution in [1.82, 2.24) is 4.98 Å². The number of alkyl halides is 2. The molecule has 0 bridgehead atoms. The van der Waals surface area contributed by atoms with E-state index in [1.807, 2.05) is 0 Å². The van der Waals surface area contributed by atoms with Gasteiger partial charge in [0.1, 0.15) is 5.69 Å². The molecule has 2 nitrogen and oxygen atoms in total. The van der Waals surface area contributed by atoms with Crippen LogP contribution in [0.5, 0.6) is 0 Å². The van der Waals surface area contributed by atoms with Crippen molar-refractivity contribution in [2.75, 3.05) is 5.73 Å². The zero-order valence-electron chi connectivity index (χ0n) is 5.69. The summed E-state index contributed by atoms with van der Waals surface area (Å²) in [5, 5.41) is 0. The van der Waals surface area contributed by atoms with Crippen molar-refractivity contribution >= 4 is 28.3 Å². The zero-order valence-corrected chi connectivity index (χ0v) is 7.85. The fourth-order valence-electron chi connectivity index (χ4n) is 0.647. The SMILES string of the molecule is Nc1c(F)cnc(C(F)F)c1I. The molecule has 1 rings (SSSR count). The molecule has 0 spiro atoms. The largest absolute Gasteiger partial charge is 0.395 e. The Morgan fingerprint density at radius 2 is 2.08 bits per heavy atom. The summed E-state index contributed by atoms with van der Waals surface area (Å²) in [6, 6.07) is 0. The van der Waals surface area contributed by atoms with Gasteiger partial charge in [-0.1, -0.05) is 0 Å². The molecule has 66 valence electrons. The fraction of sp³-hybridized carbons (Fsp3) is 0.167. The van der Waals surface area contributed by atoms with E-state index < -0.39 is 17.9 Å². The van der Waals surface area contributed by atoms with Crippen LogP contribution in [-0.2, 0) is 0 Å². The van der Waals surface area contributed by atoms with E-state index in [0.717, 1.165) is 0 Å². The van der Waals surface area contributed by atoms with Gasteiger partial charge in [-0.05, 0) is 22.6 Å². The first-order valence-electron chi connectivity index (χ1n) is 2.91. The Hall–Kier alpha value is -0.530. The maximum absolute atomic E-state index is 12.6. The van der Waals surface area contributed by atoms with E-state index in [4.69, 9.17) is 5.73 Å². The van der Waals surface area contributed by atoms with Crippen molar-refractivity contribution in [2.45, 2.75) is 6.43 Å². The Morgan fingerprint density at radius 3 is 2.58 bits per heavy atom. The molecule has 0 fully saturated rings. The lowest BCUT2D eigenvalue weighted by atomic mass is 10.3. The van der Waals surface area contributed by atoms with Crippen molar-refractivity contribution in [3.05, 3.63) is 21.3 Å². The van der Waals surface area contributed by atoms with Gasteiger partial charge in [-0.3, -0.25) is 4.98 Å². The van der Waals surface area contributed by atoms with E-state index >= 15 is 0 Å². The predicted octanol–water partition coefficient (Wildman–Crippen LogP) is 2.35. The highest BCUT2D eigenvalue weighted by molar-refractivity contribution is 14.1. The Kier molecular flexibility index (Phi) is 2.76. The number of nitrogens with two attached hydrogens (primary N) is 1. The number of hydrogen-bond donors (Lipinski definition) is 1. The van der Waals surface area contributed by atoms with Crippen molar-refractivity contribution in [1.29, 1.82) is 0 Å². The van der Waals surface area contributed by atoms with Crippen LogP contribution in [0.1, 0.15) is 12.1 Å². The van der Waals surface area contributed by atoms with E-state index in [-0.39, 0.29) is 9.26 Å². The maximum Gasteiger partial charge on any atom is 0.281 e. The minimum absolute atomic E-state index is 0.0254. The average molecular weight is 288 g/mol. The maximum atomic E-state index is 12.6. The predicted molar refractivity (Wildman–Crippen MR) is 46.3 cm³/mol. The van der Waals surface area contributed by atoms with Crippen molar-refractivity contribution in [3.8, 4) is 0 Å². The molecule has 0 aliphatic carbocycles. The molecule has 0 atom stereocenters. The summed E-state index contributed by atoms with van der Waals surface area (Å²) >= 11 is 1.54. The Labute approximate surface area is 80.1 Å². The van der Waals surface area contributed by atoms with Crippen LogP contribution in [0.3, 0.4) is 0 Å². The first-order valence-corrected chi connectivity index (χ1v) is 3.99. The molecule has 6 heteroatoms. The number of pyridine rings is 1. The third-order valence-electron chi connectivity index (χ3n) is 1.24. The minimum atomic E-state index is -2.72. The summed E-state index contributed by atoms with van der Waals surface area (Å²) in [5.41, 5.74) is 4.41. The van der Waals surface area contributed by atoms with Gasteiger partial charge in [-0.2, -0.15) is 0 Å². The number of nitrogen functional groups attached to an aromatic ring is 1. The van der Waals surface area contributed by atoms with Crippen LogP contribution in [-0.4, -0.2) is 4.98 Å². The summed E-state index contributed by atoms with van der Waals surface area (Å²) in [4.78, 5) is 3.23. The van der Waals surface area contributed by atoms with Crippen molar-refractivity contribution < 1.29 is 13.2 Å². The number of hydrogen-bond acceptors (Lipinski definition) is 2. The van der Waals surface area contributed by atoms with Crippen LogP contribution in [0.15, 0.2) is 6.20 Å². The average Bonchev–Trinajstić information content (AvgIpc) is 2.00. The van der Waals surface area contributed by atoms with Gasteiger partial charge >= 0.3 is 0 Å². The van der Waals surface area contributed by atoms with E-state index in [1.54, 1.807) is 0 Å². The molecule has 0 radical (unpaired) electrons. The Bertz CT molecular complexity index is 303. The topological polar surface area (TPSA) is 38.9 Å². The molecular weight excluding hydrogens is 284 g/mol. The minimum Gasteiger partial charge on any atom is -0.395 e. The van der Waals surface area contributed by atoms with Gasteiger partial charge in [-0.25, -0.2) is 13.2 Å². The first-order chi connectivity index (χ1) is 5.54. The molecule has 0 unspecified atom stereocenters. The van der Waals surface area contributed by atoms with Gasteiger partial charge in [0.25, 0.3) is 6.43 Å². The normalized spacial score (nSPS) is 10.8. The number of rotatable bonds is 1. The van der Waals surface area contributed by atoms with Gasteiger partial charge < -0.3 is 5.73 Å². The second kappa shape index (κ2) is 3.46. The number of anilines is 1. The lowest BCUT2D eigenvalue weighted by Crippen LogP contribution is -2.02. The monoisotopic (exact) mass is 288 g/mol. The highest BCUT2D eigenvalue weighted by atomic mass is 127. The number of nitrogens with zero attached hydrogens (tertiary/aromatic N) is 1. The Balaban J connectivity index is 3.27. The van der Waals surface area contributed by atoms with Crippen LogP contribution in [0, 0.1) is 9.39 Å². The molecule has 1 aromatic rings. The number of aromatic nitrogens is 1. The zero-order chi connectivity index (χ0) is 9.30. The van der Waals surface area contributed by atoms with E-state index in [2.05, 4.69) is 4.98 Å². The van der Waals surface area contributed by atoms with E-state index in [9.17, 15) is 13.2 Å². The van der Waals surface area contributed by atoms with Crippen LogP contribution in [0.4, 0.5) is 18.9 Å². The highest BCUT2D eigenvalue weighted by Gasteiger charge is 2.17. The third kappa shape index (κ3) is 1.62. The molecule has 2 N–H and O–H groups in total. The van der Waals surface area contributed by atoms with Crippen LogP contribution < -0.4 is 5.73 Å². The molecule has 1 aromatic heterocycles. The van der Waals surface area contributed by atoms with Crippen molar-refractivity contribution in [2.24, 2.45) is 0 Å². The summed E-state index contributed by atoms with van der Waals surface area (Å²) in [5.74, 6) is -0.774. The first kappa shape index (κ1) is 9.56. The van der Waals surface area contributed by atoms with Gasteiger partial charge in [0.05, 0.1) is 15.5 Å². The molecule has 0 saturated heterocycles.